The molecule has 1 fully saturated rings. The van der Waals surface area contributed by atoms with Crippen molar-refractivity contribution < 1.29 is 80.5 Å². The number of nitrogens with zero attached hydrogens (tertiary/aromatic N) is 4. The number of fused-ring (bicyclic) bond motifs is 1. The molecule has 0 spiro atoms. The van der Waals surface area contributed by atoms with Crippen LogP contribution >= 0.6 is 35.2 Å². The minimum Gasteiger partial charge on any atom is -0.386 e. The fraction of sp³-hybridized carbons (Fsp3) is 0.667. The number of carbonyl (C=O) groups is 3. The number of nitrogens with two attached hydrogens (primary N) is 2. The first-order chi connectivity index (χ1) is 24.6. The monoisotopic (exact) mass is 838 g/mol. The molecule has 0 saturated carbocycles. The van der Waals surface area contributed by atoms with Gasteiger partial charge in [0.1, 0.15) is 36.3 Å². The minimum absolute atomic E-state index is 0.0288. The third-order valence-corrected chi connectivity index (χ3v) is 11.1. The van der Waals surface area contributed by atoms with Gasteiger partial charge in [-0.05, 0) is 0 Å². The molecule has 0 radical (unpaired) electrons. The highest BCUT2D eigenvalue weighted by Crippen LogP contribution is 2.61. The fourth-order valence-corrected chi connectivity index (χ4v) is 8.01. The summed E-state index contributed by atoms with van der Waals surface area (Å²) in [7, 11) is -16.4. The first-order valence-electron chi connectivity index (χ1n) is 15.3. The van der Waals surface area contributed by atoms with Gasteiger partial charge >= 0.3 is 23.5 Å². The number of amides is 2. The van der Waals surface area contributed by atoms with Crippen molar-refractivity contribution in [2.45, 2.75) is 57.3 Å². The Hall–Kier alpha value is -2.48. The Balaban J connectivity index is 1.52. The summed E-state index contributed by atoms with van der Waals surface area (Å²) < 4.78 is 61.9. The molecule has 2 aromatic rings. The molecule has 1 saturated heterocycles. The molecule has 1 aliphatic rings. The van der Waals surface area contributed by atoms with Crippen LogP contribution in [0.15, 0.2) is 12.7 Å². The third kappa shape index (κ3) is 13.6. The number of hydrogen-bond acceptors (Lipinski definition) is 19. The lowest BCUT2D eigenvalue weighted by Crippen LogP contribution is -2.46. The number of ether oxygens (including phenoxy) is 1. The van der Waals surface area contributed by atoms with E-state index in [1.54, 1.807) is 0 Å². The number of anilines is 1. The molecular formula is C24H41N8O17P3S. The van der Waals surface area contributed by atoms with Gasteiger partial charge < -0.3 is 56.6 Å². The number of aromatic nitrogens is 4. The Kier molecular flexibility index (Phi) is 16.0. The van der Waals surface area contributed by atoms with Crippen molar-refractivity contribution >= 4 is 69.1 Å². The summed E-state index contributed by atoms with van der Waals surface area (Å²) >= 11 is 1.01. The Bertz CT molecular complexity index is 1750. The van der Waals surface area contributed by atoms with Gasteiger partial charge in [0.05, 0.1) is 19.5 Å². The summed E-state index contributed by atoms with van der Waals surface area (Å²) in [6.45, 7) is 0.673. The van der Waals surface area contributed by atoms with E-state index in [2.05, 4.69) is 34.4 Å². The van der Waals surface area contributed by atoms with Crippen molar-refractivity contribution in [1.82, 2.24) is 30.2 Å². The van der Waals surface area contributed by atoms with Crippen LogP contribution in [0.3, 0.4) is 0 Å². The molecule has 300 valence electrons. The van der Waals surface area contributed by atoms with Crippen LogP contribution in [0.2, 0.25) is 0 Å². The number of phosphoric acid groups is 3. The highest BCUT2D eigenvalue weighted by atomic mass is 32.2. The fourth-order valence-electron chi connectivity index (χ4n) is 4.49. The number of phosphoric ester groups is 3. The summed E-state index contributed by atoms with van der Waals surface area (Å²) in [5.74, 6) is -1.15. The van der Waals surface area contributed by atoms with E-state index in [0.717, 1.165) is 29.0 Å². The standard InChI is InChI=1S/C24H41N8O17P3S/c1-24(2,19(36)22(37)28-6-4-14(33)27-7-8-53-15(34)3-5-25)10-46-52(43,44)49-51(41,42)45-9-13-18(48-50(38,39)40)17(35)23(47-13)32-12-31-16-20(26)29-11-30-21(16)32/h11-13,17-19,23,35-36H,3-10,25H2,1-2H3,(H,27,33)(H,28,37)(H,41,42)(H,43,44)(H2,26,29,30)(H2,38,39,40)/t13-,17-,18-,19?,23-/m1/s1. The van der Waals surface area contributed by atoms with Crippen LogP contribution in [0.5, 0.6) is 0 Å². The quantitative estimate of drug-likeness (QED) is 0.0480. The SMILES string of the molecule is CC(C)(COP(=O)(O)OP(=O)(O)OC[C@H]1O[C@@H](n2cnc3c(N)ncnc32)[C@H](O)[C@@H]1OP(=O)(O)O)C(O)C(=O)NCCC(=O)NCCSC(=O)CCN. The van der Waals surface area contributed by atoms with Gasteiger partial charge in [-0.3, -0.25) is 32.5 Å². The highest BCUT2D eigenvalue weighted by Gasteiger charge is 2.50. The van der Waals surface area contributed by atoms with Gasteiger partial charge in [-0.1, -0.05) is 25.6 Å². The van der Waals surface area contributed by atoms with E-state index in [-0.39, 0.29) is 54.6 Å². The smallest absolute Gasteiger partial charge is 0.386 e. The third-order valence-electron chi connectivity index (χ3n) is 7.11. The second kappa shape index (κ2) is 18.9. The van der Waals surface area contributed by atoms with Crippen LogP contribution in [0.25, 0.3) is 11.2 Å². The predicted octanol–water partition coefficient (Wildman–Crippen LogP) is -1.99. The van der Waals surface area contributed by atoms with E-state index >= 15 is 0 Å². The number of imidazole rings is 1. The van der Waals surface area contributed by atoms with E-state index in [1.807, 2.05) is 0 Å². The molecule has 29 heteroatoms. The van der Waals surface area contributed by atoms with Crippen LogP contribution in [-0.2, 0) is 50.7 Å². The van der Waals surface area contributed by atoms with Gasteiger partial charge in [0.15, 0.2) is 22.8 Å². The largest absolute Gasteiger partial charge is 0.481 e. The Morgan fingerprint density at radius 1 is 1.06 bits per heavy atom. The molecule has 2 aromatic heterocycles. The van der Waals surface area contributed by atoms with Crippen LogP contribution < -0.4 is 22.1 Å². The molecular weight excluding hydrogens is 797 g/mol. The molecule has 3 rings (SSSR count). The Morgan fingerprint density at radius 2 is 1.74 bits per heavy atom. The van der Waals surface area contributed by atoms with Gasteiger partial charge in [-0.15, -0.1) is 0 Å². The predicted molar refractivity (Wildman–Crippen MR) is 181 cm³/mol. The maximum atomic E-state index is 12.6. The highest BCUT2D eigenvalue weighted by molar-refractivity contribution is 8.13. The summed E-state index contributed by atoms with van der Waals surface area (Å²) in [5, 5.41) is 26.1. The minimum atomic E-state index is -5.57. The van der Waals surface area contributed by atoms with Crippen molar-refractivity contribution in [2.75, 3.05) is 44.3 Å². The lowest BCUT2D eigenvalue weighted by atomic mass is 9.87. The maximum absolute atomic E-state index is 12.6. The number of aliphatic hydroxyl groups excluding tert-OH is 2. The average molecular weight is 839 g/mol. The zero-order chi connectivity index (χ0) is 39.8. The molecule has 3 unspecified atom stereocenters. The van der Waals surface area contributed by atoms with E-state index in [0.29, 0.717) is 5.75 Å². The van der Waals surface area contributed by atoms with Crippen molar-refractivity contribution in [3.8, 4) is 0 Å². The Morgan fingerprint density at radius 3 is 2.40 bits per heavy atom. The van der Waals surface area contributed by atoms with Crippen LogP contribution in [-0.4, -0.2) is 129 Å². The van der Waals surface area contributed by atoms with Crippen molar-refractivity contribution in [1.29, 1.82) is 0 Å². The van der Waals surface area contributed by atoms with Gasteiger partial charge in [-0.25, -0.2) is 28.6 Å². The normalized spacial score (nSPS) is 22.2. The topological polar surface area (TPSA) is 390 Å². The number of nitrogens with one attached hydrogen (secondary N) is 2. The summed E-state index contributed by atoms with van der Waals surface area (Å²) in [4.78, 5) is 86.7. The molecule has 12 N–H and O–H groups in total. The van der Waals surface area contributed by atoms with E-state index in [1.165, 1.54) is 13.8 Å². The molecule has 25 nitrogen and oxygen atoms in total. The van der Waals surface area contributed by atoms with Gasteiger partial charge in [0.2, 0.25) is 11.8 Å². The first-order valence-corrected chi connectivity index (χ1v) is 20.8. The molecule has 53 heavy (non-hydrogen) atoms. The van der Waals surface area contributed by atoms with Crippen molar-refractivity contribution in [3.63, 3.8) is 0 Å². The zero-order valence-electron chi connectivity index (χ0n) is 28.1. The molecule has 7 atom stereocenters. The molecule has 1 aliphatic heterocycles. The van der Waals surface area contributed by atoms with Gasteiger partial charge in [0.25, 0.3) is 0 Å². The molecule has 0 bridgehead atoms. The molecule has 2 amide bonds. The summed E-state index contributed by atoms with van der Waals surface area (Å²) in [5.41, 5.74) is 9.54. The number of thioether (sulfide) groups is 1. The van der Waals surface area contributed by atoms with Gasteiger partial charge in [-0.2, -0.15) is 4.31 Å². The van der Waals surface area contributed by atoms with Crippen molar-refractivity contribution in [2.24, 2.45) is 11.1 Å². The lowest BCUT2D eigenvalue weighted by Gasteiger charge is -2.30. The molecule has 0 aliphatic carbocycles. The first kappa shape index (κ1) is 44.9. The molecule has 0 aromatic carbocycles. The van der Waals surface area contributed by atoms with E-state index in [9.17, 15) is 57.9 Å². The zero-order valence-corrected chi connectivity index (χ0v) is 31.6. The number of nitrogen functional groups attached to an aromatic ring is 1. The van der Waals surface area contributed by atoms with E-state index in [4.69, 9.17) is 25.3 Å². The van der Waals surface area contributed by atoms with Gasteiger partial charge in [0, 0.05) is 43.6 Å². The van der Waals surface area contributed by atoms with Crippen molar-refractivity contribution in [3.05, 3.63) is 12.7 Å². The van der Waals surface area contributed by atoms with Crippen LogP contribution in [0, 0.1) is 5.41 Å². The van der Waals surface area contributed by atoms with Crippen LogP contribution in [0.4, 0.5) is 5.82 Å². The number of hydrogen-bond donors (Lipinski definition) is 10. The second-order valence-electron chi connectivity index (χ2n) is 11.8. The van der Waals surface area contributed by atoms with Crippen LogP contribution in [0.1, 0.15) is 32.9 Å². The van der Waals surface area contributed by atoms with E-state index < -0.39 is 84.6 Å². The second-order valence-corrected chi connectivity index (χ2v) is 17.2. The lowest BCUT2D eigenvalue weighted by molar-refractivity contribution is -0.137. The molecule has 3 heterocycles. The number of rotatable bonds is 21. The number of carbonyl (C=O) groups excluding carboxylic acids is 3. The average Bonchev–Trinajstić information content (AvgIpc) is 3.61. The Labute approximate surface area is 304 Å². The summed E-state index contributed by atoms with van der Waals surface area (Å²) in [6, 6.07) is 0. The maximum Gasteiger partial charge on any atom is 0.481 e. The summed E-state index contributed by atoms with van der Waals surface area (Å²) in [6.07, 6.45) is -6.72. The number of aliphatic hydroxyl groups is 2.